The maximum atomic E-state index is 12.4. The Morgan fingerprint density at radius 3 is 2.43 bits per heavy atom. The topological polar surface area (TPSA) is 78.5 Å². The van der Waals surface area contributed by atoms with E-state index in [1.54, 1.807) is 11.0 Å². The van der Waals surface area contributed by atoms with Crippen molar-refractivity contribution in [1.29, 1.82) is 0 Å². The highest BCUT2D eigenvalue weighted by Crippen LogP contribution is 2.20. The lowest BCUT2D eigenvalue weighted by Gasteiger charge is -2.16. The van der Waals surface area contributed by atoms with Crippen LogP contribution in [0.5, 0.6) is 0 Å². The Morgan fingerprint density at radius 1 is 1.00 bits per heavy atom. The number of benzene rings is 2. The van der Waals surface area contributed by atoms with E-state index in [2.05, 4.69) is 10.6 Å². The van der Waals surface area contributed by atoms with Crippen molar-refractivity contribution in [1.82, 2.24) is 15.5 Å². The van der Waals surface area contributed by atoms with Crippen molar-refractivity contribution in [2.24, 2.45) is 5.92 Å². The number of carbonyl (C=O) groups is 3. The molecule has 1 heterocycles. The smallest absolute Gasteiger partial charge is 0.251 e. The average molecular weight is 379 g/mol. The minimum atomic E-state index is -0.344. The van der Waals surface area contributed by atoms with E-state index < -0.39 is 0 Å². The van der Waals surface area contributed by atoms with E-state index in [9.17, 15) is 14.4 Å². The number of rotatable bonds is 7. The first-order valence-corrected chi connectivity index (χ1v) is 9.48. The van der Waals surface area contributed by atoms with Gasteiger partial charge in [0.05, 0.1) is 5.92 Å². The maximum absolute atomic E-state index is 12.4. The van der Waals surface area contributed by atoms with E-state index in [1.165, 1.54) is 0 Å². The molecular formula is C22H25N3O3. The summed E-state index contributed by atoms with van der Waals surface area (Å²) in [6.07, 6.45) is 0.230. The zero-order valence-corrected chi connectivity index (χ0v) is 16.0. The van der Waals surface area contributed by atoms with Crippen molar-refractivity contribution < 1.29 is 14.4 Å². The van der Waals surface area contributed by atoms with Crippen LogP contribution in [0, 0.1) is 12.8 Å². The van der Waals surface area contributed by atoms with Gasteiger partial charge in [0.1, 0.15) is 0 Å². The van der Waals surface area contributed by atoms with E-state index in [1.807, 2.05) is 55.5 Å². The number of likely N-dealkylation sites (tertiary alicyclic amines) is 1. The van der Waals surface area contributed by atoms with Gasteiger partial charge in [-0.15, -0.1) is 0 Å². The predicted octanol–water partition coefficient (Wildman–Crippen LogP) is 1.89. The van der Waals surface area contributed by atoms with E-state index in [0.29, 0.717) is 31.7 Å². The van der Waals surface area contributed by atoms with Gasteiger partial charge in [-0.1, -0.05) is 48.5 Å². The minimum Gasteiger partial charge on any atom is -0.354 e. The van der Waals surface area contributed by atoms with Crippen molar-refractivity contribution in [3.63, 3.8) is 0 Å². The Morgan fingerprint density at radius 2 is 1.68 bits per heavy atom. The van der Waals surface area contributed by atoms with Crippen LogP contribution in [0.25, 0.3) is 0 Å². The van der Waals surface area contributed by atoms with Gasteiger partial charge in [0.15, 0.2) is 0 Å². The summed E-state index contributed by atoms with van der Waals surface area (Å²) in [7, 11) is 0. The largest absolute Gasteiger partial charge is 0.354 e. The van der Waals surface area contributed by atoms with Gasteiger partial charge in [-0.2, -0.15) is 0 Å². The number of hydrogen-bond acceptors (Lipinski definition) is 3. The van der Waals surface area contributed by atoms with Gasteiger partial charge in [0.25, 0.3) is 5.91 Å². The molecule has 2 aromatic carbocycles. The van der Waals surface area contributed by atoms with Gasteiger partial charge in [0, 0.05) is 38.2 Å². The summed E-state index contributed by atoms with van der Waals surface area (Å²) < 4.78 is 0. The second-order valence-corrected chi connectivity index (χ2v) is 7.02. The molecule has 1 fully saturated rings. The lowest BCUT2D eigenvalue weighted by molar-refractivity contribution is -0.129. The fourth-order valence-corrected chi connectivity index (χ4v) is 3.33. The summed E-state index contributed by atoms with van der Waals surface area (Å²) in [5, 5.41) is 5.62. The quantitative estimate of drug-likeness (QED) is 0.721. The summed E-state index contributed by atoms with van der Waals surface area (Å²) in [5.41, 5.74) is 2.59. The highest BCUT2D eigenvalue weighted by atomic mass is 16.2. The molecule has 3 rings (SSSR count). The normalized spacial score (nSPS) is 16.1. The first-order valence-electron chi connectivity index (χ1n) is 9.48. The second kappa shape index (κ2) is 9.17. The Hall–Kier alpha value is -3.15. The van der Waals surface area contributed by atoms with Gasteiger partial charge in [-0.05, 0) is 24.1 Å². The molecule has 0 bridgehead atoms. The number of hydrogen-bond donors (Lipinski definition) is 2. The van der Waals surface area contributed by atoms with E-state index in [0.717, 1.165) is 11.1 Å². The van der Waals surface area contributed by atoms with Gasteiger partial charge >= 0.3 is 0 Å². The van der Waals surface area contributed by atoms with Crippen LogP contribution in [0.15, 0.2) is 54.6 Å². The van der Waals surface area contributed by atoms with Crippen molar-refractivity contribution >= 4 is 17.7 Å². The van der Waals surface area contributed by atoms with Crippen LogP contribution in [0.2, 0.25) is 0 Å². The molecule has 0 saturated carbocycles. The third kappa shape index (κ3) is 4.97. The molecular weight excluding hydrogens is 354 g/mol. The van der Waals surface area contributed by atoms with Crippen LogP contribution in [-0.2, 0) is 16.1 Å². The average Bonchev–Trinajstić information content (AvgIpc) is 3.06. The van der Waals surface area contributed by atoms with Gasteiger partial charge < -0.3 is 15.5 Å². The fraction of sp³-hybridized carbons (Fsp3) is 0.318. The van der Waals surface area contributed by atoms with Crippen LogP contribution < -0.4 is 10.6 Å². The Labute approximate surface area is 164 Å². The number of amides is 3. The number of carbonyl (C=O) groups excluding carboxylic acids is 3. The summed E-state index contributed by atoms with van der Waals surface area (Å²) in [5.74, 6) is -0.647. The highest BCUT2D eigenvalue weighted by Gasteiger charge is 2.33. The molecule has 146 valence electrons. The summed E-state index contributed by atoms with van der Waals surface area (Å²) in [4.78, 5) is 38.4. The number of nitrogens with one attached hydrogen (secondary N) is 2. The Balaban J connectivity index is 1.41. The minimum absolute atomic E-state index is 0.00291. The second-order valence-electron chi connectivity index (χ2n) is 7.02. The number of aryl methyl sites for hydroxylation is 1. The van der Waals surface area contributed by atoms with Crippen LogP contribution in [0.3, 0.4) is 0 Å². The van der Waals surface area contributed by atoms with E-state index in [-0.39, 0.29) is 30.1 Å². The summed E-state index contributed by atoms with van der Waals surface area (Å²) >= 11 is 0. The lowest BCUT2D eigenvalue weighted by atomic mass is 10.1. The SMILES string of the molecule is Cc1ccccc1C(=O)NCCNC(=O)C1CC(=O)N(Cc2ccccc2)C1. The molecule has 28 heavy (non-hydrogen) atoms. The molecule has 2 N–H and O–H groups in total. The summed E-state index contributed by atoms with van der Waals surface area (Å²) in [6, 6.07) is 17.1. The first-order chi connectivity index (χ1) is 13.5. The molecule has 1 aliphatic heterocycles. The van der Waals surface area contributed by atoms with Crippen molar-refractivity contribution in [3.05, 3.63) is 71.3 Å². The molecule has 6 heteroatoms. The lowest BCUT2D eigenvalue weighted by Crippen LogP contribution is -2.38. The van der Waals surface area contributed by atoms with Gasteiger partial charge in [-0.3, -0.25) is 14.4 Å². The molecule has 1 atom stereocenters. The van der Waals surface area contributed by atoms with Crippen LogP contribution in [-0.4, -0.2) is 42.3 Å². The summed E-state index contributed by atoms with van der Waals surface area (Å²) in [6.45, 7) is 3.51. The molecule has 1 aliphatic rings. The Kier molecular flexibility index (Phi) is 6.42. The van der Waals surface area contributed by atoms with E-state index in [4.69, 9.17) is 0 Å². The van der Waals surface area contributed by atoms with Gasteiger partial charge in [0.2, 0.25) is 11.8 Å². The van der Waals surface area contributed by atoms with Crippen molar-refractivity contribution in [2.45, 2.75) is 19.9 Å². The van der Waals surface area contributed by atoms with E-state index >= 15 is 0 Å². The monoisotopic (exact) mass is 379 g/mol. The van der Waals surface area contributed by atoms with Crippen molar-refractivity contribution in [3.8, 4) is 0 Å². The van der Waals surface area contributed by atoms with Gasteiger partial charge in [-0.25, -0.2) is 0 Å². The highest BCUT2D eigenvalue weighted by molar-refractivity contribution is 5.95. The first kappa shape index (κ1) is 19.6. The third-order valence-corrected chi connectivity index (χ3v) is 4.90. The molecule has 0 aliphatic carbocycles. The zero-order valence-electron chi connectivity index (χ0n) is 16.0. The molecule has 0 radical (unpaired) electrons. The zero-order chi connectivity index (χ0) is 19.9. The fourth-order valence-electron chi connectivity index (χ4n) is 3.33. The molecule has 0 spiro atoms. The van der Waals surface area contributed by atoms with Crippen LogP contribution >= 0.6 is 0 Å². The molecule has 1 unspecified atom stereocenters. The standard InChI is InChI=1S/C22H25N3O3/c1-16-7-5-6-10-19(16)22(28)24-12-11-23-21(27)18-13-20(26)25(15-18)14-17-8-3-2-4-9-17/h2-10,18H,11-15H2,1H3,(H,23,27)(H,24,28). The van der Waals surface area contributed by atoms with Crippen LogP contribution in [0.1, 0.15) is 27.9 Å². The molecule has 6 nitrogen and oxygen atoms in total. The molecule has 3 amide bonds. The number of nitrogens with zero attached hydrogens (tertiary/aromatic N) is 1. The molecule has 1 saturated heterocycles. The molecule has 2 aromatic rings. The third-order valence-electron chi connectivity index (χ3n) is 4.90. The Bertz CT molecular complexity index is 851. The van der Waals surface area contributed by atoms with Crippen LogP contribution in [0.4, 0.5) is 0 Å². The maximum Gasteiger partial charge on any atom is 0.251 e. The molecule has 0 aromatic heterocycles. The predicted molar refractivity (Wildman–Crippen MR) is 106 cm³/mol. The van der Waals surface area contributed by atoms with Crippen molar-refractivity contribution in [2.75, 3.05) is 19.6 Å².